The van der Waals surface area contributed by atoms with Crippen molar-refractivity contribution in [2.24, 2.45) is 0 Å². The lowest BCUT2D eigenvalue weighted by molar-refractivity contribution is -0.0205. The van der Waals surface area contributed by atoms with Gasteiger partial charge >= 0.3 is 0 Å². The first-order valence-electron chi connectivity index (χ1n) is 6.67. The van der Waals surface area contributed by atoms with Crippen molar-refractivity contribution in [2.75, 3.05) is 24.9 Å². The highest BCUT2D eigenvalue weighted by Gasteiger charge is 2.12. The highest BCUT2D eigenvalue weighted by molar-refractivity contribution is 9.09. The van der Waals surface area contributed by atoms with Gasteiger partial charge in [-0.3, -0.25) is 0 Å². The standard InChI is InChI=1S/C12H10.C4H7BrO2.CH3Cl/c1-3-7-11(8-4-1)12-9-5-2-6-10-12;5-3-4-6-1-2-7-4;1-2/h1-10H;4H,1-3H2;1H3. The molecule has 1 aliphatic rings. The summed E-state index contributed by atoms with van der Waals surface area (Å²) in [5.41, 5.74) is 2.55. The van der Waals surface area contributed by atoms with Crippen LogP contribution in [0.2, 0.25) is 0 Å². The van der Waals surface area contributed by atoms with E-state index in [4.69, 9.17) is 9.47 Å². The fourth-order valence-electron chi connectivity index (χ4n) is 1.76. The second-order valence-electron chi connectivity index (χ2n) is 4.06. The summed E-state index contributed by atoms with van der Waals surface area (Å²) in [5, 5.41) is 0.785. The lowest BCUT2D eigenvalue weighted by atomic mass is 10.1. The van der Waals surface area contributed by atoms with Gasteiger partial charge < -0.3 is 9.47 Å². The number of halogens is 2. The summed E-state index contributed by atoms with van der Waals surface area (Å²) in [5.74, 6) is 0. The number of hydrogen-bond acceptors (Lipinski definition) is 2. The maximum Gasteiger partial charge on any atom is 0.167 e. The van der Waals surface area contributed by atoms with E-state index in [1.165, 1.54) is 17.5 Å². The Kier molecular flexibility index (Phi) is 10.2. The van der Waals surface area contributed by atoms with Crippen LogP contribution in [0.25, 0.3) is 11.1 Å². The Balaban J connectivity index is 0.000000210. The molecule has 114 valence electrons. The van der Waals surface area contributed by atoms with Gasteiger partial charge in [-0.1, -0.05) is 76.6 Å². The molecular formula is C17H20BrClO2. The lowest BCUT2D eigenvalue weighted by Gasteiger charge is -2.00. The van der Waals surface area contributed by atoms with Crippen LogP contribution in [0.4, 0.5) is 0 Å². The average Bonchev–Trinajstić information content (AvgIpc) is 3.13. The Morgan fingerprint density at radius 1 is 0.857 bits per heavy atom. The minimum atomic E-state index is 0.0139. The van der Waals surface area contributed by atoms with Crippen molar-refractivity contribution in [3.8, 4) is 11.1 Å². The van der Waals surface area contributed by atoms with Crippen molar-refractivity contribution < 1.29 is 9.47 Å². The number of ether oxygens (including phenoxy) is 2. The van der Waals surface area contributed by atoms with Gasteiger partial charge in [0.15, 0.2) is 6.29 Å². The molecule has 2 aromatic carbocycles. The molecule has 0 saturated carbocycles. The molecule has 0 radical (unpaired) electrons. The Morgan fingerprint density at radius 3 is 1.52 bits per heavy atom. The maximum atomic E-state index is 5.03. The van der Waals surface area contributed by atoms with Crippen LogP contribution in [0.15, 0.2) is 60.7 Å². The van der Waals surface area contributed by atoms with Crippen LogP contribution in [-0.2, 0) is 9.47 Å². The lowest BCUT2D eigenvalue weighted by Crippen LogP contribution is -2.07. The summed E-state index contributed by atoms with van der Waals surface area (Å²) in [6, 6.07) is 20.8. The van der Waals surface area contributed by atoms with E-state index in [9.17, 15) is 0 Å². The number of rotatable bonds is 2. The van der Waals surface area contributed by atoms with E-state index >= 15 is 0 Å². The van der Waals surface area contributed by atoms with E-state index in [0.29, 0.717) is 0 Å². The Bertz CT molecular complexity index is 421. The quantitative estimate of drug-likeness (QED) is 0.694. The van der Waals surface area contributed by atoms with Gasteiger partial charge in [0.05, 0.1) is 18.5 Å². The van der Waals surface area contributed by atoms with E-state index in [-0.39, 0.29) is 6.29 Å². The SMILES string of the molecule is BrCC1OCCO1.CCl.c1ccc(-c2ccccc2)cc1. The van der Waals surface area contributed by atoms with Gasteiger partial charge in [-0.15, -0.1) is 11.6 Å². The van der Waals surface area contributed by atoms with Gasteiger partial charge in [0.2, 0.25) is 0 Å². The van der Waals surface area contributed by atoms with Crippen LogP contribution in [0.3, 0.4) is 0 Å². The first-order chi connectivity index (χ1) is 10.4. The summed E-state index contributed by atoms with van der Waals surface area (Å²) >= 11 is 7.87. The van der Waals surface area contributed by atoms with Crippen LogP contribution in [0.1, 0.15) is 0 Å². The fraction of sp³-hybridized carbons (Fsp3) is 0.294. The van der Waals surface area contributed by atoms with E-state index in [1.54, 1.807) is 0 Å². The van der Waals surface area contributed by atoms with E-state index in [1.807, 2.05) is 12.1 Å². The Morgan fingerprint density at radius 2 is 1.24 bits per heavy atom. The van der Waals surface area contributed by atoms with E-state index in [2.05, 4.69) is 76.1 Å². The van der Waals surface area contributed by atoms with Crippen LogP contribution in [0.5, 0.6) is 0 Å². The molecule has 0 amide bonds. The predicted octanol–water partition coefficient (Wildman–Crippen LogP) is 4.96. The monoisotopic (exact) mass is 370 g/mol. The Hall–Kier alpha value is -0.870. The molecule has 0 unspecified atom stereocenters. The summed E-state index contributed by atoms with van der Waals surface area (Å²) in [4.78, 5) is 0. The topological polar surface area (TPSA) is 18.5 Å². The van der Waals surface area contributed by atoms with E-state index < -0.39 is 0 Å². The Labute approximate surface area is 140 Å². The molecule has 1 saturated heterocycles. The molecule has 2 nitrogen and oxygen atoms in total. The second-order valence-corrected chi connectivity index (χ2v) is 4.70. The summed E-state index contributed by atoms with van der Waals surface area (Å²) in [7, 11) is 0. The largest absolute Gasteiger partial charge is 0.349 e. The minimum absolute atomic E-state index is 0.0139. The highest BCUT2D eigenvalue weighted by Crippen LogP contribution is 2.17. The summed E-state index contributed by atoms with van der Waals surface area (Å²) in [6.07, 6.45) is 1.49. The zero-order chi connectivity index (χ0) is 15.3. The van der Waals surface area contributed by atoms with Crippen molar-refractivity contribution in [3.63, 3.8) is 0 Å². The smallest absolute Gasteiger partial charge is 0.167 e. The van der Waals surface area contributed by atoms with Gasteiger partial charge in [0, 0.05) is 6.38 Å². The molecule has 0 aliphatic carbocycles. The zero-order valence-corrected chi connectivity index (χ0v) is 14.4. The van der Waals surface area contributed by atoms with Gasteiger partial charge in [0.1, 0.15) is 0 Å². The molecule has 1 fully saturated rings. The van der Waals surface area contributed by atoms with Crippen LogP contribution in [0, 0.1) is 0 Å². The van der Waals surface area contributed by atoms with Crippen molar-refractivity contribution in [2.45, 2.75) is 6.29 Å². The predicted molar refractivity (Wildman–Crippen MR) is 93.1 cm³/mol. The molecule has 0 bridgehead atoms. The number of hydrogen-bond donors (Lipinski definition) is 0. The van der Waals surface area contributed by atoms with Gasteiger partial charge in [-0.25, -0.2) is 0 Å². The molecule has 0 atom stereocenters. The summed E-state index contributed by atoms with van der Waals surface area (Å²) < 4.78 is 10.1. The van der Waals surface area contributed by atoms with Gasteiger partial charge in [-0.05, 0) is 11.1 Å². The molecular weight excluding hydrogens is 352 g/mol. The molecule has 21 heavy (non-hydrogen) atoms. The van der Waals surface area contributed by atoms with E-state index in [0.717, 1.165) is 18.5 Å². The van der Waals surface area contributed by atoms with Crippen LogP contribution in [-0.4, -0.2) is 31.2 Å². The zero-order valence-electron chi connectivity index (χ0n) is 12.0. The average molecular weight is 372 g/mol. The van der Waals surface area contributed by atoms with Crippen molar-refractivity contribution in [1.82, 2.24) is 0 Å². The number of benzene rings is 2. The molecule has 0 N–H and O–H groups in total. The third-order valence-corrected chi connectivity index (χ3v) is 3.23. The fourth-order valence-corrected chi connectivity index (χ4v) is 2.13. The third-order valence-electron chi connectivity index (χ3n) is 2.70. The molecule has 1 heterocycles. The maximum absolute atomic E-state index is 5.03. The van der Waals surface area contributed by atoms with Crippen LogP contribution >= 0.6 is 27.5 Å². The number of alkyl halides is 2. The van der Waals surface area contributed by atoms with Crippen molar-refractivity contribution in [3.05, 3.63) is 60.7 Å². The third kappa shape index (κ3) is 7.09. The molecule has 0 spiro atoms. The van der Waals surface area contributed by atoms with Gasteiger partial charge in [0.25, 0.3) is 0 Å². The normalized spacial score (nSPS) is 13.7. The minimum Gasteiger partial charge on any atom is -0.349 e. The van der Waals surface area contributed by atoms with Crippen LogP contribution < -0.4 is 0 Å². The van der Waals surface area contributed by atoms with Gasteiger partial charge in [-0.2, -0.15) is 0 Å². The highest BCUT2D eigenvalue weighted by atomic mass is 79.9. The summed E-state index contributed by atoms with van der Waals surface area (Å²) in [6.45, 7) is 1.49. The molecule has 2 aromatic rings. The molecule has 1 aliphatic heterocycles. The molecule has 0 aromatic heterocycles. The molecule has 4 heteroatoms. The van der Waals surface area contributed by atoms with Crippen molar-refractivity contribution >= 4 is 27.5 Å². The second kappa shape index (κ2) is 11.8. The molecule has 3 rings (SSSR count). The first kappa shape index (κ1) is 18.2. The van der Waals surface area contributed by atoms with Crippen molar-refractivity contribution in [1.29, 1.82) is 0 Å². The first-order valence-corrected chi connectivity index (χ1v) is 8.55.